The normalized spacial score (nSPS) is 14.4. The molecule has 0 N–H and O–H groups in total. The van der Waals surface area contributed by atoms with Crippen molar-refractivity contribution in [3.8, 4) is 0 Å². The quantitative estimate of drug-likeness (QED) is 0.170. The second-order valence-corrected chi connectivity index (χ2v) is 21.7. The van der Waals surface area contributed by atoms with E-state index in [1.165, 1.54) is 49.5 Å². The smallest absolute Gasteiger partial charge is 0.377 e. The molecule has 0 aliphatic carbocycles. The summed E-state index contributed by atoms with van der Waals surface area (Å²) in [5.74, 6) is 0.753. The van der Waals surface area contributed by atoms with Gasteiger partial charge in [-0.1, -0.05) is 83.6 Å². The fraction of sp³-hybridized carbons (Fsp3) is 0.193. The molecule has 11 rings (SSSR count). The lowest BCUT2D eigenvalue weighted by molar-refractivity contribution is -0.674. The zero-order valence-electron chi connectivity index (χ0n) is 42.0. The number of para-hydroxylation sites is 3. The van der Waals surface area contributed by atoms with E-state index < -0.39 is 10.1 Å². The molecule has 0 fully saturated rings. The van der Waals surface area contributed by atoms with Crippen LogP contribution in [0, 0.1) is 6.92 Å². The number of benzene rings is 5. The average molecular weight is 1080 g/mol. The van der Waals surface area contributed by atoms with Crippen molar-refractivity contribution in [3.05, 3.63) is 207 Å². The molecule has 0 saturated carbocycles. The maximum Gasteiger partial charge on any atom is 0.377 e. The van der Waals surface area contributed by atoms with E-state index in [9.17, 15) is 22.6 Å². The number of hydrogen-bond acceptors (Lipinski definition) is 11. The second-order valence-electron chi connectivity index (χ2n) is 17.3. The molecule has 380 valence electrons. The summed E-state index contributed by atoms with van der Waals surface area (Å²) in [6.07, 6.45) is 16.2. The maximum absolute atomic E-state index is 13.4. The first-order chi connectivity index (χ1) is 35.2. The number of aryl methyl sites for hydroxylation is 3. The molecule has 0 bridgehead atoms. The Morgan fingerprint density at radius 1 is 0.662 bits per heavy atom. The van der Waals surface area contributed by atoms with Gasteiger partial charge in [0.15, 0.2) is 0 Å². The summed E-state index contributed by atoms with van der Waals surface area (Å²) < 4.78 is 50.2. The van der Waals surface area contributed by atoms with Crippen LogP contribution < -0.4 is 56.0 Å². The van der Waals surface area contributed by atoms with Gasteiger partial charge in [0, 0.05) is 85.7 Å². The monoisotopic (exact) mass is 1080 g/mol. The lowest BCUT2D eigenvalue weighted by Crippen LogP contribution is -3.00. The second kappa shape index (κ2) is 22.7. The Hall–Kier alpha value is -6.92. The van der Waals surface area contributed by atoms with Crippen LogP contribution in [0.25, 0.3) is 55.4 Å². The molecule has 9 aromatic rings. The number of fused-ring (bicyclic) bond motifs is 5. The predicted molar refractivity (Wildman–Crippen MR) is 297 cm³/mol. The van der Waals surface area contributed by atoms with E-state index in [1.54, 1.807) is 34.8 Å². The first kappa shape index (κ1) is 53.4. The van der Waals surface area contributed by atoms with Gasteiger partial charge in [0.1, 0.15) is 46.3 Å². The topological polar surface area (TPSA) is 129 Å². The number of nitrogens with zero attached hydrogens (tertiary/aromatic N) is 6. The fourth-order valence-electron chi connectivity index (χ4n) is 8.90. The van der Waals surface area contributed by atoms with Gasteiger partial charge in [0.2, 0.25) is 11.1 Å². The SMILES string of the molecule is CCn1c(=O)/c(=C2\C=CN(C)c3ccccc32)s/c1=C\c1oc2ccccc2[n+]1CC.CCn1c(=O)c(=C2C=CN(C)C=C2)s/c1=C\c1sc2c3ccccc3ccc2[n+]1CC.Cc1ccc(S(=O)(=O)[O-])cc1.[Cl-]. The zero-order chi connectivity index (χ0) is 51.6. The van der Waals surface area contributed by atoms with Crippen molar-refractivity contribution in [1.82, 2.24) is 14.0 Å². The molecule has 0 atom stereocenters. The fourth-order valence-corrected chi connectivity index (χ4v) is 13.1. The van der Waals surface area contributed by atoms with E-state index in [1.807, 2.05) is 122 Å². The summed E-state index contributed by atoms with van der Waals surface area (Å²) >= 11 is 4.90. The number of hydrogen-bond donors (Lipinski definition) is 0. The minimum absolute atomic E-state index is 0. The van der Waals surface area contributed by atoms with Crippen molar-refractivity contribution in [2.24, 2.45) is 0 Å². The largest absolute Gasteiger partial charge is 1.00 e. The molecular formula is C57H55ClN6O6S4. The van der Waals surface area contributed by atoms with Gasteiger partial charge in [-0.15, -0.1) is 22.7 Å². The molecule has 2 aliphatic rings. The Labute approximate surface area is 447 Å². The Morgan fingerprint density at radius 2 is 1.28 bits per heavy atom. The molecule has 0 radical (unpaired) electrons. The molecule has 5 aromatic carbocycles. The third-order valence-corrected chi connectivity index (χ3v) is 17.0. The number of rotatable bonds is 7. The molecule has 12 nitrogen and oxygen atoms in total. The summed E-state index contributed by atoms with van der Waals surface area (Å²) in [4.78, 5) is 30.4. The van der Waals surface area contributed by atoms with Gasteiger partial charge in [-0.2, -0.15) is 9.13 Å². The van der Waals surface area contributed by atoms with Gasteiger partial charge in [-0.3, -0.25) is 18.7 Å². The van der Waals surface area contributed by atoms with E-state index in [0.29, 0.717) is 13.1 Å². The molecule has 0 spiro atoms. The van der Waals surface area contributed by atoms with Crippen LogP contribution >= 0.6 is 34.0 Å². The molecule has 74 heavy (non-hydrogen) atoms. The van der Waals surface area contributed by atoms with Gasteiger partial charge in [-0.05, 0) is 88.6 Å². The van der Waals surface area contributed by atoms with E-state index in [4.69, 9.17) is 4.42 Å². The van der Waals surface area contributed by atoms with Gasteiger partial charge in [0.05, 0.1) is 17.0 Å². The number of allylic oxidation sites excluding steroid dienone is 3. The molecule has 6 heterocycles. The van der Waals surface area contributed by atoms with Gasteiger partial charge < -0.3 is 31.2 Å². The number of aromatic nitrogens is 4. The van der Waals surface area contributed by atoms with Crippen molar-refractivity contribution >= 4 is 105 Å². The van der Waals surface area contributed by atoms with Crippen molar-refractivity contribution < 1.29 is 38.9 Å². The van der Waals surface area contributed by atoms with Crippen LogP contribution in [-0.2, 0) is 36.3 Å². The summed E-state index contributed by atoms with van der Waals surface area (Å²) in [5, 5.41) is 3.71. The Morgan fingerprint density at radius 3 is 1.97 bits per heavy atom. The van der Waals surface area contributed by atoms with Gasteiger partial charge in [-0.25, -0.2) is 8.42 Å². The zero-order valence-corrected chi connectivity index (χ0v) is 46.0. The molecule has 0 amide bonds. The molecular weight excluding hydrogens is 1030 g/mol. The van der Waals surface area contributed by atoms with Crippen LogP contribution in [0.15, 0.2) is 165 Å². The van der Waals surface area contributed by atoms with Crippen LogP contribution in [0.5, 0.6) is 0 Å². The summed E-state index contributed by atoms with van der Waals surface area (Å²) in [6.45, 7) is 13.1. The van der Waals surface area contributed by atoms with Gasteiger partial charge in [0.25, 0.3) is 21.6 Å². The van der Waals surface area contributed by atoms with Crippen molar-refractivity contribution in [1.29, 1.82) is 0 Å². The molecule has 0 unspecified atom stereocenters. The van der Waals surface area contributed by atoms with Crippen LogP contribution in [0.4, 0.5) is 5.69 Å². The predicted octanol–water partition coefficient (Wildman–Crippen LogP) is 4.44. The van der Waals surface area contributed by atoms with Crippen LogP contribution in [0.2, 0.25) is 0 Å². The number of anilines is 1. The van der Waals surface area contributed by atoms with Crippen molar-refractivity contribution in [2.45, 2.75) is 65.7 Å². The molecule has 4 aromatic heterocycles. The molecule has 0 saturated heterocycles. The highest BCUT2D eigenvalue weighted by molar-refractivity contribution is 7.85. The highest BCUT2D eigenvalue weighted by Crippen LogP contribution is 2.31. The lowest BCUT2D eigenvalue weighted by atomic mass is 10.0. The van der Waals surface area contributed by atoms with E-state index >= 15 is 0 Å². The number of thiazole rings is 3. The third-order valence-electron chi connectivity index (χ3n) is 12.7. The molecule has 17 heteroatoms. The summed E-state index contributed by atoms with van der Waals surface area (Å²) in [7, 11) is -0.264. The highest BCUT2D eigenvalue weighted by Gasteiger charge is 2.22. The number of oxazole rings is 1. The first-order valence-corrected chi connectivity index (χ1v) is 27.9. The summed E-state index contributed by atoms with van der Waals surface area (Å²) in [5.41, 5.74) is 8.32. The van der Waals surface area contributed by atoms with E-state index in [0.717, 1.165) is 76.4 Å². The Balaban J connectivity index is 0.000000162. The highest BCUT2D eigenvalue weighted by atomic mass is 35.5. The Bertz CT molecular complexity index is 4160. The average Bonchev–Trinajstić information content (AvgIpc) is 4.13. The van der Waals surface area contributed by atoms with Crippen LogP contribution in [-0.4, -0.2) is 41.1 Å². The minimum Gasteiger partial charge on any atom is -1.00 e. The Kier molecular flexibility index (Phi) is 16.4. The first-order valence-electron chi connectivity index (χ1n) is 24.0. The number of halogens is 1. The van der Waals surface area contributed by atoms with E-state index in [-0.39, 0.29) is 28.4 Å². The lowest BCUT2D eigenvalue weighted by Gasteiger charge is -2.23. The van der Waals surface area contributed by atoms with Crippen molar-refractivity contribution in [2.75, 3.05) is 19.0 Å². The van der Waals surface area contributed by atoms with E-state index in [2.05, 4.69) is 88.6 Å². The minimum atomic E-state index is -4.27. The van der Waals surface area contributed by atoms with Crippen molar-refractivity contribution in [3.63, 3.8) is 0 Å². The van der Waals surface area contributed by atoms with Gasteiger partial charge >= 0.3 is 5.89 Å². The maximum atomic E-state index is 13.4. The van der Waals surface area contributed by atoms with Crippen LogP contribution in [0.3, 0.4) is 0 Å². The van der Waals surface area contributed by atoms with Crippen LogP contribution in [0.1, 0.15) is 49.7 Å². The summed E-state index contributed by atoms with van der Waals surface area (Å²) in [6, 6.07) is 34.9. The standard InChI is InChI=1S/C25H24N3O2S.C25H24N3OS2.C7H8O3S.ClH/c1-4-27-20-12-8-9-13-21(20)30-22(27)16-23-28(5-2)25(29)24(31-23)18-14-15-26(3)19-11-7-6-10-17(18)19;1-4-27-20-11-10-17-8-6-7-9-19(17)24(20)31-21(27)16-22-28(5-2)25(29)23(30-22)18-12-14-26(3)15-13-18;1-6-2-4-7(5-3-6)11(8,9)10;/h2*6-16H,4-5H2,1-3H3;2-5H,1H3,(H,8,9,10);1H/q2*+1;;/p-2/b24-18-;;;. The molecule has 2 aliphatic heterocycles. The third kappa shape index (κ3) is 10.7.